The van der Waals surface area contributed by atoms with Crippen LogP contribution in [0.3, 0.4) is 0 Å². The first-order valence-electron chi connectivity index (χ1n) is 8.18. The molecule has 0 aromatic heterocycles. The Bertz CT molecular complexity index is 457. The van der Waals surface area contributed by atoms with Crippen LogP contribution in [0.5, 0.6) is 0 Å². The third-order valence-corrected chi connectivity index (χ3v) is 6.36. The molecule has 0 saturated heterocycles. The molecule has 2 nitrogen and oxygen atoms in total. The Hall–Kier alpha value is -0.860. The predicted molar refractivity (Wildman–Crippen MR) is 79.9 cm³/mol. The first-order valence-corrected chi connectivity index (χ1v) is 8.18. The van der Waals surface area contributed by atoms with Gasteiger partial charge in [0.15, 0.2) is 0 Å². The summed E-state index contributed by atoms with van der Waals surface area (Å²) in [7, 11) is 0. The van der Waals surface area contributed by atoms with Crippen molar-refractivity contribution in [2.24, 2.45) is 35.3 Å². The van der Waals surface area contributed by atoms with E-state index in [4.69, 9.17) is 5.73 Å². The average Bonchev–Trinajstić information content (AvgIpc) is 2.46. The number of aliphatic hydroxyl groups is 1. The SMILES string of the molecule is NCC(O)(c1ccccc1)C1C2CC3CC(C2)CC1C3. The summed E-state index contributed by atoms with van der Waals surface area (Å²) in [6, 6.07) is 10.2. The normalized spacial score (nSPS) is 41.6. The summed E-state index contributed by atoms with van der Waals surface area (Å²) in [6.45, 7) is 0.351. The number of rotatable bonds is 3. The second kappa shape index (κ2) is 4.57. The fourth-order valence-electron chi connectivity index (χ4n) is 5.88. The van der Waals surface area contributed by atoms with Crippen molar-refractivity contribution in [2.75, 3.05) is 6.54 Å². The highest BCUT2D eigenvalue weighted by molar-refractivity contribution is 5.25. The van der Waals surface area contributed by atoms with E-state index < -0.39 is 5.60 Å². The van der Waals surface area contributed by atoms with E-state index in [2.05, 4.69) is 12.1 Å². The van der Waals surface area contributed by atoms with Crippen molar-refractivity contribution in [3.8, 4) is 0 Å². The Labute approximate surface area is 121 Å². The van der Waals surface area contributed by atoms with Crippen LogP contribution < -0.4 is 5.73 Å². The van der Waals surface area contributed by atoms with E-state index in [1.807, 2.05) is 18.2 Å². The van der Waals surface area contributed by atoms with Gasteiger partial charge < -0.3 is 10.8 Å². The summed E-state index contributed by atoms with van der Waals surface area (Å²) in [5, 5.41) is 11.4. The van der Waals surface area contributed by atoms with Crippen molar-refractivity contribution in [1.82, 2.24) is 0 Å². The molecule has 4 fully saturated rings. The molecule has 4 aliphatic carbocycles. The molecule has 0 spiro atoms. The molecule has 20 heavy (non-hydrogen) atoms. The molecule has 2 heteroatoms. The average molecular weight is 271 g/mol. The van der Waals surface area contributed by atoms with Gasteiger partial charge in [-0.05, 0) is 67.3 Å². The molecular formula is C18H25NO. The third-order valence-electron chi connectivity index (χ3n) is 6.36. The predicted octanol–water partition coefficient (Wildman–Crippen LogP) is 2.91. The van der Waals surface area contributed by atoms with Gasteiger partial charge in [0.25, 0.3) is 0 Å². The van der Waals surface area contributed by atoms with Gasteiger partial charge >= 0.3 is 0 Å². The zero-order valence-electron chi connectivity index (χ0n) is 12.0. The smallest absolute Gasteiger partial charge is 0.105 e. The molecule has 108 valence electrons. The quantitative estimate of drug-likeness (QED) is 0.888. The summed E-state index contributed by atoms with van der Waals surface area (Å²) in [6.07, 6.45) is 6.76. The van der Waals surface area contributed by atoms with Crippen molar-refractivity contribution >= 4 is 0 Å². The van der Waals surface area contributed by atoms with Gasteiger partial charge in [0, 0.05) is 6.54 Å². The molecule has 3 N–H and O–H groups in total. The van der Waals surface area contributed by atoms with E-state index in [1.165, 1.54) is 32.1 Å². The van der Waals surface area contributed by atoms with Crippen LogP contribution >= 0.6 is 0 Å². The second-order valence-electron chi connectivity index (χ2n) is 7.45. The number of nitrogens with two attached hydrogens (primary N) is 1. The lowest BCUT2D eigenvalue weighted by molar-refractivity contribution is -0.143. The zero-order valence-corrected chi connectivity index (χ0v) is 12.0. The van der Waals surface area contributed by atoms with E-state index in [1.54, 1.807) is 0 Å². The van der Waals surface area contributed by atoms with Crippen molar-refractivity contribution in [1.29, 1.82) is 0 Å². The Balaban J connectivity index is 1.71. The minimum Gasteiger partial charge on any atom is -0.384 e. The fraction of sp³-hybridized carbons (Fsp3) is 0.667. The van der Waals surface area contributed by atoms with Crippen LogP contribution in [0.1, 0.15) is 37.7 Å². The third kappa shape index (κ3) is 1.78. The van der Waals surface area contributed by atoms with Gasteiger partial charge in [-0.25, -0.2) is 0 Å². The van der Waals surface area contributed by atoms with Crippen LogP contribution in [-0.4, -0.2) is 11.7 Å². The molecule has 4 aliphatic rings. The minimum absolute atomic E-state index is 0.351. The van der Waals surface area contributed by atoms with Crippen LogP contribution in [0.15, 0.2) is 30.3 Å². The first kappa shape index (κ1) is 12.8. The lowest BCUT2D eigenvalue weighted by Crippen LogP contribution is -2.56. The molecule has 0 amide bonds. The molecule has 4 saturated carbocycles. The maximum absolute atomic E-state index is 11.4. The van der Waals surface area contributed by atoms with Crippen molar-refractivity contribution in [3.63, 3.8) is 0 Å². The zero-order chi connectivity index (χ0) is 13.7. The lowest BCUT2D eigenvalue weighted by atomic mass is 9.48. The summed E-state index contributed by atoms with van der Waals surface area (Å²) >= 11 is 0. The highest BCUT2D eigenvalue weighted by Crippen LogP contribution is 2.60. The van der Waals surface area contributed by atoms with Gasteiger partial charge in [-0.2, -0.15) is 0 Å². The Kier molecular flexibility index (Phi) is 2.94. The Morgan fingerprint density at radius 1 is 0.950 bits per heavy atom. The number of benzene rings is 1. The lowest BCUT2D eigenvalue weighted by Gasteiger charge is -2.58. The van der Waals surface area contributed by atoms with E-state index in [0.29, 0.717) is 24.3 Å². The van der Waals surface area contributed by atoms with Crippen LogP contribution in [-0.2, 0) is 5.60 Å². The molecule has 1 aromatic rings. The number of hydrogen-bond donors (Lipinski definition) is 2. The van der Waals surface area contributed by atoms with Gasteiger partial charge in [0.1, 0.15) is 5.60 Å². The summed E-state index contributed by atoms with van der Waals surface area (Å²) in [5.41, 5.74) is 6.28. The van der Waals surface area contributed by atoms with Gasteiger partial charge in [-0.15, -0.1) is 0 Å². The van der Waals surface area contributed by atoms with E-state index >= 15 is 0 Å². The van der Waals surface area contributed by atoms with E-state index in [9.17, 15) is 5.11 Å². The summed E-state index contributed by atoms with van der Waals surface area (Å²) < 4.78 is 0. The number of hydrogen-bond acceptors (Lipinski definition) is 2. The van der Waals surface area contributed by atoms with Gasteiger partial charge in [-0.3, -0.25) is 0 Å². The highest BCUT2D eigenvalue weighted by Gasteiger charge is 2.55. The van der Waals surface area contributed by atoms with Crippen molar-refractivity contribution in [2.45, 2.75) is 37.7 Å². The van der Waals surface area contributed by atoms with Crippen LogP contribution in [0, 0.1) is 29.6 Å². The minimum atomic E-state index is -0.816. The molecule has 1 aromatic carbocycles. The molecule has 1 unspecified atom stereocenters. The fourth-order valence-corrected chi connectivity index (χ4v) is 5.88. The van der Waals surface area contributed by atoms with Crippen LogP contribution in [0.2, 0.25) is 0 Å². The van der Waals surface area contributed by atoms with Gasteiger partial charge in [-0.1, -0.05) is 30.3 Å². The van der Waals surface area contributed by atoms with E-state index in [0.717, 1.165) is 17.4 Å². The van der Waals surface area contributed by atoms with Crippen molar-refractivity contribution in [3.05, 3.63) is 35.9 Å². The van der Waals surface area contributed by atoms with Crippen LogP contribution in [0.4, 0.5) is 0 Å². The first-order chi connectivity index (χ1) is 9.70. The summed E-state index contributed by atoms with van der Waals surface area (Å²) in [5.74, 6) is 3.64. The molecule has 5 rings (SSSR count). The maximum atomic E-state index is 11.4. The largest absolute Gasteiger partial charge is 0.384 e. The molecule has 0 heterocycles. The Morgan fingerprint density at radius 2 is 1.50 bits per heavy atom. The standard InChI is InChI=1S/C18H25NO/c19-11-18(20,16-4-2-1-3-5-16)17-14-7-12-6-13(9-14)10-15(17)8-12/h1-5,12-15,17,20H,6-11,19H2. The Morgan fingerprint density at radius 3 is 2.00 bits per heavy atom. The van der Waals surface area contributed by atoms with E-state index in [-0.39, 0.29) is 0 Å². The molecule has 0 aliphatic heterocycles. The maximum Gasteiger partial charge on any atom is 0.105 e. The van der Waals surface area contributed by atoms with Crippen molar-refractivity contribution < 1.29 is 5.11 Å². The molecule has 1 atom stereocenters. The molecule has 0 radical (unpaired) electrons. The monoisotopic (exact) mass is 271 g/mol. The molecule has 4 bridgehead atoms. The molecular weight excluding hydrogens is 246 g/mol. The summed E-state index contributed by atoms with van der Waals surface area (Å²) in [4.78, 5) is 0. The topological polar surface area (TPSA) is 46.2 Å². The van der Waals surface area contributed by atoms with Crippen LogP contribution in [0.25, 0.3) is 0 Å². The highest BCUT2D eigenvalue weighted by atomic mass is 16.3. The van der Waals surface area contributed by atoms with Gasteiger partial charge in [0.2, 0.25) is 0 Å². The van der Waals surface area contributed by atoms with Gasteiger partial charge in [0.05, 0.1) is 0 Å². The second-order valence-corrected chi connectivity index (χ2v) is 7.45.